The molecule has 0 radical (unpaired) electrons. The van der Waals surface area contributed by atoms with E-state index in [1.54, 1.807) is 0 Å². The van der Waals surface area contributed by atoms with Gasteiger partial charge in [0.2, 0.25) is 17.7 Å². The van der Waals surface area contributed by atoms with Crippen molar-refractivity contribution in [3.8, 4) is 0 Å². The summed E-state index contributed by atoms with van der Waals surface area (Å²) in [5, 5.41) is 2.24. The molecule has 0 aliphatic heterocycles. The lowest BCUT2D eigenvalue weighted by molar-refractivity contribution is -0.145. The Morgan fingerprint density at radius 2 is 1.86 bits per heavy atom. The third kappa shape index (κ3) is 4.34. The van der Waals surface area contributed by atoms with Crippen LogP contribution in [0, 0.1) is 0 Å². The van der Waals surface area contributed by atoms with Gasteiger partial charge in [-0.25, -0.2) is 0 Å². The zero-order valence-corrected chi connectivity index (χ0v) is 8.07. The lowest BCUT2D eigenvalue weighted by atomic mass is 10.4. The van der Waals surface area contributed by atoms with Gasteiger partial charge in [0, 0.05) is 13.8 Å². The van der Waals surface area contributed by atoms with Crippen LogP contribution in [0.1, 0.15) is 13.8 Å². The van der Waals surface area contributed by atoms with Crippen LogP contribution in [0.2, 0.25) is 0 Å². The van der Waals surface area contributed by atoms with Crippen LogP contribution >= 0.6 is 0 Å². The molecule has 0 atom stereocenters. The molecule has 0 heterocycles. The molecule has 0 rings (SSSR count). The Morgan fingerprint density at radius 3 is 2.21 bits per heavy atom. The van der Waals surface area contributed by atoms with Crippen molar-refractivity contribution in [3.05, 3.63) is 0 Å². The summed E-state index contributed by atoms with van der Waals surface area (Å²) in [7, 11) is 0. The first-order valence-corrected chi connectivity index (χ1v) is 3.98. The lowest BCUT2D eigenvalue weighted by Crippen LogP contribution is -2.42. The topological polar surface area (TPSA) is 83.6 Å². The van der Waals surface area contributed by atoms with Gasteiger partial charge in [-0.15, -0.1) is 0 Å². The number of rotatable bonds is 4. The monoisotopic (exact) mass is 200 g/mol. The number of carbonyl (C=O) groups excluding carboxylic acids is 4. The van der Waals surface area contributed by atoms with Gasteiger partial charge in [-0.1, -0.05) is 0 Å². The van der Waals surface area contributed by atoms with Crippen molar-refractivity contribution in [1.29, 1.82) is 0 Å². The summed E-state index contributed by atoms with van der Waals surface area (Å²) >= 11 is 0. The quantitative estimate of drug-likeness (QED) is 0.571. The number of hydrogen-bond donors (Lipinski definition) is 1. The number of aldehydes is 1. The zero-order chi connectivity index (χ0) is 11.1. The van der Waals surface area contributed by atoms with E-state index in [0.29, 0.717) is 6.29 Å². The minimum absolute atomic E-state index is 0.275. The second-order valence-corrected chi connectivity index (χ2v) is 2.60. The van der Waals surface area contributed by atoms with Crippen LogP contribution in [0.4, 0.5) is 0 Å². The summed E-state index contributed by atoms with van der Waals surface area (Å²) in [6.45, 7) is 1.87. The first-order valence-electron chi connectivity index (χ1n) is 3.98. The Kier molecular flexibility index (Phi) is 5.13. The van der Waals surface area contributed by atoms with Crippen LogP contribution in [-0.2, 0) is 19.2 Å². The summed E-state index contributed by atoms with van der Waals surface area (Å²) < 4.78 is 0. The molecule has 6 nitrogen and oxygen atoms in total. The molecular formula is C8H12N2O4. The zero-order valence-electron chi connectivity index (χ0n) is 8.07. The Morgan fingerprint density at radius 1 is 1.29 bits per heavy atom. The summed E-state index contributed by atoms with van der Waals surface area (Å²) in [4.78, 5) is 43.4. The van der Waals surface area contributed by atoms with Crippen molar-refractivity contribution in [2.24, 2.45) is 0 Å². The van der Waals surface area contributed by atoms with Gasteiger partial charge in [0.1, 0.15) is 6.29 Å². The molecule has 0 saturated carbocycles. The van der Waals surface area contributed by atoms with Gasteiger partial charge in [0.15, 0.2) is 0 Å². The van der Waals surface area contributed by atoms with Gasteiger partial charge < -0.3 is 10.1 Å². The molecule has 0 aromatic carbocycles. The molecule has 78 valence electrons. The second-order valence-electron chi connectivity index (χ2n) is 2.60. The van der Waals surface area contributed by atoms with Crippen molar-refractivity contribution in [1.82, 2.24) is 10.2 Å². The number of imide groups is 1. The number of amides is 3. The molecule has 3 amide bonds. The molecule has 1 N–H and O–H groups in total. The number of carbonyl (C=O) groups is 4. The summed E-state index contributed by atoms with van der Waals surface area (Å²) in [6, 6.07) is 0. The van der Waals surface area contributed by atoms with E-state index in [1.165, 1.54) is 13.8 Å². The highest BCUT2D eigenvalue weighted by Gasteiger charge is 2.16. The Labute approximate surface area is 81.2 Å². The van der Waals surface area contributed by atoms with E-state index >= 15 is 0 Å². The Bertz CT molecular complexity index is 262. The molecule has 0 aromatic rings. The van der Waals surface area contributed by atoms with Gasteiger partial charge in [-0.3, -0.25) is 19.3 Å². The van der Waals surface area contributed by atoms with Gasteiger partial charge >= 0.3 is 0 Å². The average Bonchev–Trinajstić information content (AvgIpc) is 2.09. The first-order chi connectivity index (χ1) is 6.49. The highest BCUT2D eigenvalue weighted by atomic mass is 16.2. The SMILES string of the molecule is CC(=O)NCC(=O)N(CC=O)C(C)=O. The van der Waals surface area contributed by atoms with E-state index in [0.717, 1.165) is 4.90 Å². The molecule has 0 aliphatic rings. The van der Waals surface area contributed by atoms with Crippen molar-refractivity contribution >= 4 is 24.0 Å². The van der Waals surface area contributed by atoms with Gasteiger partial charge in [-0.2, -0.15) is 0 Å². The first kappa shape index (κ1) is 12.3. The fourth-order valence-corrected chi connectivity index (χ4v) is 0.776. The highest BCUT2D eigenvalue weighted by Crippen LogP contribution is 1.88. The van der Waals surface area contributed by atoms with E-state index in [4.69, 9.17) is 0 Å². The number of hydrogen-bond acceptors (Lipinski definition) is 4. The maximum absolute atomic E-state index is 11.2. The van der Waals surface area contributed by atoms with Crippen LogP contribution in [0.3, 0.4) is 0 Å². The fourth-order valence-electron chi connectivity index (χ4n) is 0.776. The van der Waals surface area contributed by atoms with Crippen molar-refractivity contribution in [2.75, 3.05) is 13.1 Å². The molecule has 14 heavy (non-hydrogen) atoms. The summed E-state index contributed by atoms with van der Waals surface area (Å²) in [6.07, 6.45) is 0.451. The third-order valence-electron chi connectivity index (χ3n) is 1.43. The second kappa shape index (κ2) is 5.85. The number of nitrogens with zero attached hydrogens (tertiary/aromatic N) is 1. The van der Waals surface area contributed by atoms with Crippen molar-refractivity contribution < 1.29 is 19.2 Å². The summed E-state index contributed by atoms with van der Waals surface area (Å²) in [5.74, 6) is -1.49. The normalized spacial score (nSPS) is 9.00. The van der Waals surface area contributed by atoms with Crippen molar-refractivity contribution in [3.63, 3.8) is 0 Å². The molecule has 0 aliphatic carbocycles. The molecule has 6 heteroatoms. The van der Waals surface area contributed by atoms with E-state index < -0.39 is 11.8 Å². The molecule has 0 bridgehead atoms. The minimum Gasteiger partial charge on any atom is -0.347 e. The van der Waals surface area contributed by atoms with Crippen molar-refractivity contribution in [2.45, 2.75) is 13.8 Å². The van der Waals surface area contributed by atoms with E-state index in [2.05, 4.69) is 5.32 Å². The molecule has 0 spiro atoms. The fraction of sp³-hybridized carbons (Fsp3) is 0.500. The lowest BCUT2D eigenvalue weighted by Gasteiger charge is -2.15. The maximum Gasteiger partial charge on any atom is 0.248 e. The Hall–Kier alpha value is -1.72. The molecule has 0 saturated heterocycles. The van der Waals surface area contributed by atoms with Gasteiger partial charge in [0.05, 0.1) is 13.1 Å². The predicted octanol–water partition coefficient (Wildman–Crippen LogP) is -1.30. The van der Waals surface area contributed by atoms with E-state index in [1.807, 2.05) is 0 Å². The maximum atomic E-state index is 11.2. The van der Waals surface area contributed by atoms with Crippen LogP contribution in [-0.4, -0.2) is 42.0 Å². The van der Waals surface area contributed by atoms with Crippen LogP contribution in [0.15, 0.2) is 0 Å². The molecule has 0 unspecified atom stereocenters. The van der Waals surface area contributed by atoms with Gasteiger partial charge in [0.25, 0.3) is 0 Å². The third-order valence-corrected chi connectivity index (χ3v) is 1.43. The smallest absolute Gasteiger partial charge is 0.248 e. The molecular weight excluding hydrogens is 188 g/mol. The molecule has 0 fully saturated rings. The minimum atomic E-state index is -0.597. The standard InChI is InChI=1S/C8H12N2O4/c1-6(12)9-5-8(14)10(3-4-11)7(2)13/h4H,3,5H2,1-2H3,(H,9,12). The predicted molar refractivity (Wildman–Crippen MR) is 47.1 cm³/mol. The molecule has 0 aromatic heterocycles. The van der Waals surface area contributed by atoms with E-state index in [-0.39, 0.29) is 19.0 Å². The van der Waals surface area contributed by atoms with Crippen LogP contribution < -0.4 is 5.32 Å². The van der Waals surface area contributed by atoms with E-state index in [9.17, 15) is 19.2 Å². The largest absolute Gasteiger partial charge is 0.347 e. The van der Waals surface area contributed by atoms with Crippen LogP contribution in [0.25, 0.3) is 0 Å². The summed E-state index contributed by atoms with van der Waals surface area (Å²) in [5.41, 5.74) is 0. The van der Waals surface area contributed by atoms with Crippen LogP contribution in [0.5, 0.6) is 0 Å². The highest BCUT2D eigenvalue weighted by molar-refractivity contribution is 5.97. The van der Waals surface area contributed by atoms with Gasteiger partial charge in [-0.05, 0) is 0 Å². The number of nitrogens with one attached hydrogen (secondary N) is 1. The Balaban J connectivity index is 4.22. The average molecular weight is 200 g/mol.